The second kappa shape index (κ2) is 27.7. The molecule has 89 heavy (non-hydrogen) atoms. The van der Waals surface area contributed by atoms with Crippen LogP contribution in [0.5, 0.6) is 0 Å². The van der Waals surface area contributed by atoms with Gasteiger partial charge in [0.15, 0.2) is 45.8 Å². The number of hydrogen-bond acceptors (Lipinski definition) is 28. The van der Waals surface area contributed by atoms with Crippen molar-refractivity contribution < 1.29 is 92.5 Å². The standard InChI is InChI=1S/C22H22N6O7S2.C15H14N4O6S2.C13H13N5O5S2/c1-22(2,20(33)34)35-26-13(12-10-37-21(23)24-12)16(29)25-14-17(30)28-15(19(31)32)11(9-36-18(14)28)8-27-6-4-3-5-7-27;16-15-17-7(5-27-15)6(1-2-9(20)21)11(22)18-10-12(23)19-8(14(24)25)3-4-26-13(10)19;1-23-17-7(5-4-25-13(14)15-5)9(19)16-8-10(20)18-6(12(21)22)2-3-24-11(8)18/h3-7,10,14,18H,8-9H2,1-2H3,(H4-,23,24,25,29,31,32,33,34);1,3,5,10,13H,2,4H2,(H2,16,17)(H,18,22)(H,20,21)(H,24,25);2,4,8,11H,3H2,1H3,(H2,14,15)(H,16,19)(H,21,22)/b26-13-;6-1-;17-7-/t14-,18-;10-,13-;8-,11-/m111/s1. The molecule has 3 fully saturated rings. The zero-order chi connectivity index (χ0) is 64.8. The highest BCUT2D eigenvalue weighted by atomic mass is 32.2. The first-order valence-corrected chi connectivity index (χ1v) is 31.2. The lowest BCUT2D eigenvalue weighted by atomic mass is 10.0. The highest BCUT2D eigenvalue weighted by Gasteiger charge is 2.56. The number of nitrogens with zero attached hydrogens (tertiary/aromatic N) is 9. The van der Waals surface area contributed by atoms with Crippen LogP contribution in [0.1, 0.15) is 37.4 Å². The molecule has 0 bridgehead atoms. The summed E-state index contributed by atoms with van der Waals surface area (Å²) in [6.45, 7) is 2.74. The number of β-lactam (4-membered cyclic amide) rings is 3. The summed E-state index contributed by atoms with van der Waals surface area (Å²) in [5.74, 6) is -9.05. The van der Waals surface area contributed by atoms with Gasteiger partial charge in [0, 0.05) is 51.1 Å². The van der Waals surface area contributed by atoms with Gasteiger partial charge in [0.05, 0.1) is 29.4 Å². The van der Waals surface area contributed by atoms with E-state index < -0.39 is 112 Å². The van der Waals surface area contributed by atoms with E-state index in [0.29, 0.717) is 22.8 Å². The third kappa shape index (κ3) is 14.4. The van der Waals surface area contributed by atoms with Crippen LogP contribution in [0.25, 0.3) is 5.57 Å². The number of oxime groups is 2. The average Bonchev–Trinajstić information content (AvgIpc) is 1.18. The number of anilines is 3. The fourth-order valence-electron chi connectivity index (χ4n) is 8.67. The van der Waals surface area contributed by atoms with Crippen LogP contribution in [0.15, 0.2) is 97.9 Å². The van der Waals surface area contributed by atoms with Crippen LogP contribution in [-0.2, 0) is 69.0 Å². The summed E-state index contributed by atoms with van der Waals surface area (Å²) >= 11 is 7.23. The first kappa shape index (κ1) is 65.5. The lowest BCUT2D eigenvalue weighted by Gasteiger charge is -2.50. The van der Waals surface area contributed by atoms with E-state index >= 15 is 0 Å². The number of nitrogens with one attached hydrogen (secondary N) is 3. The largest absolute Gasteiger partial charge is 0.543 e. The maximum atomic E-state index is 13.1. The SMILES string of the molecule is CC(C)(O/N=C(\C(=O)N[C@@H]1C(=O)N2C(C(=O)[O-])=C(C[n+]3ccccc3)CS[C@H]12)c1csc(N)n1)C(=O)O.CO/N=C(\C(=O)N[C@@H]1C(=O)N2C(C(=O)O)=CCS[C@H]12)c1csc(N)n1.Nc1nc(/C(=C/CC(=O)O)C(=O)N[C@@H]2C(=O)N3C(C(=O)O)=CCS[C@H]23)cs1. The zero-order valence-electron chi connectivity index (χ0n) is 46.1. The van der Waals surface area contributed by atoms with Crippen LogP contribution >= 0.6 is 69.3 Å². The molecule has 0 spiro atoms. The number of nitrogen functional groups attached to an aromatic ring is 3. The second-order valence-corrected chi connectivity index (χ2v) is 25.2. The van der Waals surface area contributed by atoms with Crippen molar-refractivity contribution in [2.24, 2.45) is 10.3 Å². The number of thiazole rings is 3. The lowest BCUT2D eigenvalue weighted by molar-refractivity contribution is -0.689. The number of pyridine rings is 1. The molecule has 0 aliphatic carbocycles. The Hall–Kier alpha value is -9.44. The summed E-state index contributed by atoms with van der Waals surface area (Å²) < 4.78 is 1.78. The quantitative estimate of drug-likeness (QED) is 0.0152. The Morgan fingerprint density at radius 2 is 1.13 bits per heavy atom. The molecule has 468 valence electrons. The summed E-state index contributed by atoms with van der Waals surface area (Å²) in [6.07, 6.45) is 7.25. The first-order valence-electron chi connectivity index (χ1n) is 25.4. The van der Waals surface area contributed by atoms with E-state index in [1.165, 1.54) is 85.2 Å². The molecule has 0 radical (unpaired) electrons. The molecule has 0 unspecified atom stereocenters. The molecule has 3 saturated heterocycles. The first-order chi connectivity index (χ1) is 42.2. The van der Waals surface area contributed by atoms with Crippen LogP contribution in [0.4, 0.5) is 15.4 Å². The monoisotopic (exact) mass is 1340 g/mol. The molecule has 4 aromatic rings. The Balaban J connectivity index is 0.000000177. The van der Waals surface area contributed by atoms with Crippen molar-refractivity contribution in [3.05, 3.63) is 105 Å². The van der Waals surface area contributed by atoms with Crippen molar-refractivity contribution in [1.82, 2.24) is 45.6 Å². The lowest BCUT2D eigenvalue weighted by Crippen LogP contribution is -2.71. The third-order valence-electron chi connectivity index (χ3n) is 12.9. The van der Waals surface area contributed by atoms with Crippen molar-refractivity contribution in [3.63, 3.8) is 0 Å². The molecule has 6 aliphatic heterocycles. The normalized spacial score (nSPS) is 21.1. The minimum absolute atomic E-state index is 0.00795. The molecule has 4 aromatic heterocycles. The molecule has 10 heterocycles. The Kier molecular flexibility index (Phi) is 20.4. The molecule has 39 heteroatoms. The van der Waals surface area contributed by atoms with E-state index in [9.17, 15) is 63.0 Å². The van der Waals surface area contributed by atoms with Crippen molar-refractivity contribution in [2.75, 3.05) is 41.6 Å². The topological polar surface area (TPSA) is 501 Å². The molecule has 6 atom stereocenters. The number of carboxylic acid groups (broad SMARTS) is 5. The zero-order valence-corrected chi connectivity index (χ0v) is 51.0. The summed E-state index contributed by atoms with van der Waals surface area (Å²) in [4.78, 5) is 158. The Morgan fingerprint density at radius 3 is 1.56 bits per heavy atom. The van der Waals surface area contributed by atoms with Crippen molar-refractivity contribution >= 4 is 167 Å². The van der Waals surface area contributed by atoms with Crippen molar-refractivity contribution in [2.45, 2.75) is 66.7 Å². The number of carboxylic acids is 5. The van der Waals surface area contributed by atoms with E-state index in [4.69, 9.17) is 37.4 Å². The van der Waals surface area contributed by atoms with Gasteiger partial charge in [-0.2, -0.15) is 0 Å². The predicted molar refractivity (Wildman–Crippen MR) is 318 cm³/mol. The number of carbonyl (C=O) groups is 11. The number of nitrogens with two attached hydrogens (primary N) is 3. The van der Waals surface area contributed by atoms with Gasteiger partial charge in [-0.3, -0.25) is 48.3 Å². The number of amides is 6. The van der Waals surface area contributed by atoms with Gasteiger partial charge in [-0.25, -0.2) is 33.9 Å². The van der Waals surface area contributed by atoms with Crippen LogP contribution in [-0.4, -0.2) is 191 Å². The molecule has 0 saturated carbocycles. The minimum atomic E-state index is -1.75. The fourth-order valence-corrected chi connectivity index (χ4v) is 14.1. The van der Waals surface area contributed by atoms with Gasteiger partial charge in [-0.05, 0) is 26.0 Å². The van der Waals surface area contributed by atoms with Crippen molar-refractivity contribution in [1.29, 1.82) is 0 Å². The fraction of sp³-hybridized carbons (Fsp3) is 0.300. The summed E-state index contributed by atoms with van der Waals surface area (Å²) in [5, 5.41) is 66.8. The molecule has 10 rings (SSSR count). The van der Waals surface area contributed by atoms with Crippen LogP contribution in [0.2, 0.25) is 0 Å². The molecule has 33 nitrogen and oxygen atoms in total. The maximum Gasteiger partial charge on any atom is 0.352 e. The van der Waals surface area contributed by atoms with Gasteiger partial charge in [0.2, 0.25) is 5.60 Å². The smallest absolute Gasteiger partial charge is 0.352 e. The van der Waals surface area contributed by atoms with Gasteiger partial charge in [-0.15, -0.1) is 69.3 Å². The molecule has 6 amide bonds. The summed E-state index contributed by atoms with van der Waals surface area (Å²) in [6, 6.07) is 2.61. The number of aliphatic carboxylic acids is 5. The average molecular weight is 1340 g/mol. The number of thioether (sulfide) groups is 3. The Labute approximate surface area is 525 Å². The van der Waals surface area contributed by atoms with E-state index in [2.05, 4.69) is 46.1 Å². The number of fused-ring (bicyclic) bond motifs is 3. The van der Waals surface area contributed by atoms with E-state index in [-0.39, 0.29) is 73.1 Å². The maximum absolute atomic E-state index is 13.1. The summed E-state index contributed by atoms with van der Waals surface area (Å²) in [5.41, 5.74) is 15.1. The van der Waals surface area contributed by atoms with Crippen LogP contribution in [0.3, 0.4) is 0 Å². The Morgan fingerprint density at radius 1 is 0.685 bits per heavy atom. The van der Waals surface area contributed by atoms with Gasteiger partial charge in [-0.1, -0.05) is 22.5 Å². The highest BCUT2D eigenvalue weighted by Crippen LogP contribution is 2.41. The Bertz CT molecular complexity index is 3770. The summed E-state index contributed by atoms with van der Waals surface area (Å²) in [7, 11) is 1.28. The number of hydrogen-bond donors (Lipinski definition) is 10. The van der Waals surface area contributed by atoms with E-state index in [0.717, 1.165) is 48.7 Å². The minimum Gasteiger partial charge on any atom is -0.543 e. The van der Waals surface area contributed by atoms with Crippen LogP contribution in [0, 0.1) is 0 Å². The van der Waals surface area contributed by atoms with Gasteiger partial charge in [0.25, 0.3) is 35.4 Å². The number of carbonyl (C=O) groups excluding carboxylic acids is 7. The number of aromatic nitrogens is 4. The second-order valence-electron chi connectivity index (χ2n) is 19.1. The van der Waals surface area contributed by atoms with Crippen molar-refractivity contribution in [3.8, 4) is 0 Å². The molecular weight excluding hydrogens is 1290 g/mol. The van der Waals surface area contributed by atoms with E-state index in [1.807, 2.05) is 6.07 Å². The molecule has 13 N–H and O–H groups in total. The van der Waals surface area contributed by atoms with Gasteiger partial charge >= 0.3 is 23.9 Å². The predicted octanol–water partition coefficient (Wildman–Crippen LogP) is -1.90. The van der Waals surface area contributed by atoms with E-state index in [1.54, 1.807) is 34.5 Å². The van der Waals surface area contributed by atoms with Crippen LogP contribution < -0.4 is 42.8 Å². The molecular formula is C50H49N15O18S6. The highest BCUT2D eigenvalue weighted by molar-refractivity contribution is 8.00. The number of rotatable bonds is 20. The third-order valence-corrected chi connectivity index (χ3v) is 18.7. The molecule has 6 aliphatic rings. The van der Waals surface area contributed by atoms with Gasteiger partial charge in [0.1, 0.15) is 64.1 Å². The van der Waals surface area contributed by atoms with Gasteiger partial charge < -0.3 is 73.2 Å². The molecule has 0 aromatic carbocycles.